The molecule has 1 saturated heterocycles. The number of hydrogen-bond acceptors (Lipinski definition) is 2. The monoisotopic (exact) mass is 262 g/mol. The average molecular weight is 262 g/mol. The Balaban J connectivity index is 2.50. The fraction of sp³-hybridized carbons (Fsp3) is 0.824. The molecule has 1 atom stereocenters. The number of amidine groups is 1. The molecule has 19 heavy (non-hydrogen) atoms. The van der Waals surface area contributed by atoms with Gasteiger partial charge in [0.25, 0.3) is 0 Å². The van der Waals surface area contributed by atoms with E-state index >= 15 is 0 Å². The van der Waals surface area contributed by atoms with Crippen LogP contribution in [-0.2, 0) is 0 Å². The number of allylic oxidation sites excluding steroid dienone is 1. The summed E-state index contributed by atoms with van der Waals surface area (Å²) in [6.07, 6.45) is 3.85. The quantitative estimate of drug-likeness (QED) is 0.622. The van der Waals surface area contributed by atoms with E-state index in [1.165, 1.54) is 25.1 Å². The summed E-state index contributed by atoms with van der Waals surface area (Å²) in [6.45, 7) is 17.3. The summed E-state index contributed by atoms with van der Waals surface area (Å²) in [4.78, 5) is 7.60. The molecular weight excluding hydrogens is 232 g/mol. The molecule has 2 aliphatic rings. The van der Waals surface area contributed by atoms with Crippen molar-refractivity contribution in [2.24, 2.45) is 15.8 Å². The van der Waals surface area contributed by atoms with Crippen LogP contribution in [0.2, 0.25) is 0 Å². The van der Waals surface area contributed by atoms with Gasteiger partial charge < -0.3 is 4.90 Å². The van der Waals surface area contributed by atoms with Gasteiger partial charge in [0.1, 0.15) is 5.84 Å². The number of fused-ring (bicyclic) bond motifs is 1. The van der Waals surface area contributed by atoms with Crippen molar-refractivity contribution >= 4 is 5.84 Å². The zero-order valence-corrected chi connectivity index (χ0v) is 13.8. The molecule has 0 aromatic heterocycles. The maximum Gasteiger partial charge on any atom is 0.109 e. The van der Waals surface area contributed by atoms with Crippen LogP contribution in [-0.4, -0.2) is 23.3 Å². The van der Waals surface area contributed by atoms with E-state index < -0.39 is 0 Å². The van der Waals surface area contributed by atoms with Gasteiger partial charge in [-0.3, -0.25) is 4.99 Å². The van der Waals surface area contributed by atoms with Gasteiger partial charge in [0, 0.05) is 17.7 Å². The molecular formula is C17H30N2. The topological polar surface area (TPSA) is 15.6 Å². The van der Waals surface area contributed by atoms with Crippen molar-refractivity contribution in [1.29, 1.82) is 0 Å². The molecule has 108 valence electrons. The van der Waals surface area contributed by atoms with Gasteiger partial charge >= 0.3 is 0 Å². The van der Waals surface area contributed by atoms with Crippen LogP contribution in [0, 0.1) is 10.8 Å². The molecule has 0 aromatic rings. The summed E-state index contributed by atoms with van der Waals surface area (Å²) in [5, 5.41) is 0. The molecule has 0 spiro atoms. The molecule has 0 aliphatic carbocycles. The Hall–Kier alpha value is -0.790. The maximum atomic E-state index is 5.07. The van der Waals surface area contributed by atoms with Crippen molar-refractivity contribution < 1.29 is 0 Å². The lowest BCUT2D eigenvalue weighted by Crippen LogP contribution is -2.47. The minimum Gasteiger partial charge on any atom is -0.333 e. The molecule has 0 radical (unpaired) electrons. The van der Waals surface area contributed by atoms with Gasteiger partial charge in [-0.05, 0) is 37.2 Å². The minimum atomic E-state index is 0.139. The highest BCUT2D eigenvalue weighted by atomic mass is 15.2. The van der Waals surface area contributed by atoms with Gasteiger partial charge in [-0.2, -0.15) is 0 Å². The number of piperidine rings is 1. The van der Waals surface area contributed by atoms with E-state index in [9.17, 15) is 0 Å². The Kier molecular flexibility index (Phi) is 3.57. The first kappa shape index (κ1) is 14.6. The number of rotatable bonds is 0. The second kappa shape index (κ2) is 4.64. The molecule has 2 heterocycles. The van der Waals surface area contributed by atoms with E-state index in [-0.39, 0.29) is 10.8 Å². The molecule has 0 aromatic carbocycles. The molecule has 0 amide bonds. The molecule has 0 N–H and O–H groups in total. The van der Waals surface area contributed by atoms with E-state index in [0.717, 1.165) is 6.54 Å². The van der Waals surface area contributed by atoms with Crippen LogP contribution in [0.1, 0.15) is 67.7 Å². The van der Waals surface area contributed by atoms with Crippen molar-refractivity contribution in [1.82, 2.24) is 4.90 Å². The first-order valence-electron chi connectivity index (χ1n) is 7.71. The Morgan fingerprint density at radius 3 is 2.16 bits per heavy atom. The van der Waals surface area contributed by atoms with Crippen LogP contribution in [0.3, 0.4) is 0 Å². The van der Waals surface area contributed by atoms with Crippen molar-refractivity contribution in [2.45, 2.75) is 73.8 Å². The average Bonchev–Trinajstić information content (AvgIpc) is 2.24. The van der Waals surface area contributed by atoms with Gasteiger partial charge in [-0.1, -0.05) is 41.5 Å². The van der Waals surface area contributed by atoms with Gasteiger partial charge in [-0.15, -0.1) is 0 Å². The first-order valence-corrected chi connectivity index (χ1v) is 7.71. The van der Waals surface area contributed by atoms with Gasteiger partial charge in [-0.25, -0.2) is 0 Å². The maximum absolute atomic E-state index is 5.07. The third-order valence-electron chi connectivity index (χ3n) is 4.15. The second-order valence-corrected chi connectivity index (χ2v) is 8.10. The SMILES string of the molecule is C[C@@H]1N=C(C(C)(C)C)N2CCCCC2=C1C(C)(C)C. The third kappa shape index (κ3) is 2.73. The molecule has 2 heteroatoms. The fourth-order valence-corrected chi connectivity index (χ4v) is 3.56. The zero-order valence-electron chi connectivity index (χ0n) is 13.8. The lowest BCUT2D eigenvalue weighted by atomic mass is 9.77. The Morgan fingerprint density at radius 2 is 1.63 bits per heavy atom. The Bertz CT molecular complexity index is 416. The summed E-state index contributed by atoms with van der Waals surface area (Å²) in [5.74, 6) is 1.29. The second-order valence-electron chi connectivity index (χ2n) is 8.10. The molecule has 2 aliphatic heterocycles. The standard InChI is InChI=1S/C17H30N2/c1-12-14(16(2,3)4)13-10-8-9-11-19(13)15(18-12)17(5,6)7/h12H,8-11H2,1-7H3/t12-/m0/s1. The van der Waals surface area contributed by atoms with E-state index in [0.29, 0.717) is 6.04 Å². The number of hydrogen-bond donors (Lipinski definition) is 0. The van der Waals surface area contributed by atoms with Gasteiger partial charge in [0.2, 0.25) is 0 Å². The highest BCUT2D eigenvalue weighted by Gasteiger charge is 2.38. The van der Waals surface area contributed by atoms with Crippen LogP contribution >= 0.6 is 0 Å². The molecule has 0 saturated carbocycles. The Labute approximate surface area is 119 Å². The van der Waals surface area contributed by atoms with Crippen LogP contribution in [0.4, 0.5) is 0 Å². The van der Waals surface area contributed by atoms with Crippen molar-refractivity contribution in [2.75, 3.05) is 6.54 Å². The molecule has 0 bridgehead atoms. The zero-order chi connectivity index (χ0) is 14.4. The largest absolute Gasteiger partial charge is 0.333 e. The fourth-order valence-electron chi connectivity index (χ4n) is 3.56. The lowest BCUT2D eigenvalue weighted by Gasteiger charge is -2.46. The summed E-state index contributed by atoms with van der Waals surface area (Å²) in [7, 11) is 0. The van der Waals surface area contributed by atoms with Gasteiger partial charge in [0.05, 0.1) is 6.04 Å². The Morgan fingerprint density at radius 1 is 1.00 bits per heavy atom. The summed E-state index contributed by atoms with van der Waals surface area (Å²) in [6, 6.07) is 0.332. The van der Waals surface area contributed by atoms with Crippen LogP contribution in [0.25, 0.3) is 0 Å². The normalized spacial score (nSPS) is 25.3. The van der Waals surface area contributed by atoms with Crippen LogP contribution in [0.15, 0.2) is 16.3 Å². The number of nitrogens with zero attached hydrogens (tertiary/aromatic N) is 2. The van der Waals surface area contributed by atoms with Crippen LogP contribution in [0.5, 0.6) is 0 Å². The van der Waals surface area contributed by atoms with Crippen molar-refractivity contribution in [3.8, 4) is 0 Å². The highest BCUT2D eigenvalue weighted by molar-refractivity contribution is 5.90. The van der Waals surface area contributed by atoms with Gasteiger partial charge in [0.15, 0.2) is 0 Å². The smallest absolute Gasteiger partial charge is 0.109 e. The summed E-state index contributed by atoms with van der Waals surface area (Å²) in [5.41, 5.74) is 3.49. The summed E-state index contributed by atoms with van der Waals surface area (Å²) < 4.78 is 0. The number of aliphatic imine (C=N–C) groups is 1. The highest BCUT2D eigenvalue weighted by Crippen LogP contribution is 2.41. The van der Waals surface area contributed by atoms with E-state index in [4.69, 9.17) is 4.99 Å². The van der Waals surface area contributed by atoms with E-state index in [1.807, 2.05) is 0 Å². The predicted molar refractivity (Wildman–Crippen MR) is 83.4 cm³/mol. The third-order valence-corrected chi connectivity index (χ3v) is 4.15. The van der Waals surface area contributed by atoms with E-state index in [1.54, 1.807) is 11.3 Å². The lowest BCUT2D eigenvalue weighted by molar-refractivity contribution is 0.326. The molecule has 1 fully saturated rings. The molecule has 2 rings (SSSR count). The van der Waals surface area contributed by atoms with E-state index in [2.05, 4.69) is 53.4 Å². The first-order chi connectivity index (χ1) is 8.62. The minimum absolute atomic E-state index is 0.139. The molecule has 2 nitrogen and oxygen atoms in total. The summed E-state index contributed by atoms with van der Waals surface area (Å²) >= 11 is 0. The van der Waals surface area contributed by atoms with Crippen LogP contribution < -0.4 is 0 Å². The molecule has 0 unspecified atom stereocenters. The predicted octanol–water partition coefficient (Wildman–Crippen LogP) is 4.62. The van der Waals surface area contributed by atoms with Crippen molar-refractivity contribution in [3.05, 3.63) is 11.3 Å². The van der Waals surface area contributed by atoms with Crippen molar-refractivity contribution in [3.63, 3.8) is 0 Å².